The van der Waals surface area contributed by atoms with Crippen LogP contribution < -0.4 is 0 Å². The zero-order valence-corrected chi connectivity index (χ0v) is 11.7. The molecule has 1 N–H and O–H groups in total. The van der Waals surface area contributed by atoms with Crippen molar-refractivity contribution in [3.05, 3.63) is 11.9 Å². The number of aromatic amines is 1. The van der Waals surface area contributed by atoms with Crippen molar-refractivity contribution in [2.45, 2.75) is 45.8 Å². The van der Waals surface area contributed by atoms with Gasteiger partial charge < -0.3 is 9.64 Å². The Morgan fingerprint density at radius 3 is 2.84 bits per heavy atom. The van der Waals surface area contributed by atoms with Crippen molar-refractivity contribution in [3.8, 4) is 0 Å². The van der Waals surface area contributed by atoms with Crippen LogP contribution in [0.3, 0.4) is 0 Å². The van der Waals surface area contributed by atoms with Gasteiger partial charge in [0.15, 0.2) is 5.82 Å². The zero-order chi connectivity index (χ0) is 14.0. The lowest BCUT2D eigenvalue weighted by molar-refractivity contribution is 0.0201. The minimum atomic E-state index is -0.494. The topological polar surface area (TPSA) is 84.0 Å². The molecular weight excluding hydrogens is 246 g/mol. The first-order chi connectivity index (χ1) is 8.87. The lowest BCUT2D eigenvalue weighted by Gasteiger charge is -2.34. The van der Waals surface area contributed by atoms with Gasteiger partial charge in [0.05, 0.1) is 6.54 Å². The fourth-order valence-corrected chi connectivity index (χ4v) is 1.88. The van der Waals surface area contributed by atoms with Crippen molar-refractivity contribution < 1.29 is 9.53 Å². The second-order valence-electron chi connectivity index (χ2n) is 5.67. The predicted molar refractivity (Wildman–Crippen MR) is 69.2 cm³/mol. The normalized spacial score (nSPS) is 20.1. The van der Waals surface area contributed by atoms with Gasteiger partial charge in [0, 0.05) is 11.6 Å². The monoisotopic (exact) mass is 265 g/mol. The summed E-state index contributed by atoms with van der Waals surface area (Å²) < 4.78 is 5.41. The van der Waals surface area contributed by atoms with E-state index in [0.29, 0.717) is 12.4 Å². The summed E-state index contributed by atoms with van der Waals surface area (Å²) in [6.07, 6.45) is 2.50. The van der Waals surface area contributed by atoms with Crippen LogP contribution in [0.1, 0.15) is 39.9 Å². The van der Waals surface area contributed by atoms with Crippen LogP contribution in [0.2, 0.25) is 0 Å². The van der Waals surface area contributed by atoms with Crippen molar-refractivity contribution in [2.75, 3.05) is 6.54 Å². The molecule has 0 bridgehead atoms. The predicted octanol–water partition coefficient (Wildman–Crippen LogP) is 1.61. The highest BCUT2D eigenvalue weighted by Gasteiger charge is 2.29. The van der Waals surface area contributed by atoms with Gasteiger partial charge in [-0.25, -0.2) is 9.89 Å². The van der Waals surface area contributed by atoms with E-state index in [-0.39, 0.29) is 12.1 Å². The van der Waals surface area contributed by atoms with Gasteiger partial charge in [0.2, 0.25) is 0 Å². The third-order valence-electron chi connectivity index (χ3n) is 2.86. The average molecular weight is 265 g/mol. The van der Waals surface area contributed by atoms with E-state index in [9.17, 15) is 4.79 Å². The molecule has 0 saturated carbocycles. The lowest BCUT2D eigenvalue weighted by atomic mass is 10.0. The first-order valence-electron chi connectivity index (χ1n) is 6.29. The minimum Gasteiger partial charge on any atom is -0.444 e. The van der Waals surface area contributed by atoms with E-state index >= 15 is 0 Å². The number of nitrogens with zero attached hydrogens (tertiary/aromatic N) is 4. The molecule has 1 aliphatic rings. The maximum Gasteiger partial charge on any atom is 0.410 e. The molecule has 1 atom stereocenters. The van der Waals surface area contributed by atoms with Crippen LogP contribution in [-0.4, -0.2) is 49.8 Å². The van der Waals surface area contributed by atoms with E-state index in [0.717, 1.165) is 12.0 Å². The number of ether oxygens (including phenoxy) is 1. The molecule has 1 aromatic rings. The number of hydrogen-bond acceptors (Lipinski definition) is 5. The van der Waals surface area contributed by atoms with Crippen molar-refractivity contribution in [1.29, 1.82) is 0 Å². The average Bonchev–Trinajstić information content (AvgIpc) is 2.80. The van der Waals surface area contributed by atoms with Crippen molar-refractivity contribution in [2.24, 2.45) is 0 Å². The zero-order valence-electron chi connectivity index (χ0n) is 11.7. The number of carbonyl (C=O) groups excluding carboxylic acids is 1. The van der Waals surface area contributed by atoms with Gasteiger partial charge in [-0.3, -0.25) is 0 Å². The van der Waals surface area contributed by atoms with Gasteiger partial charge in [-0.05, 0) is 44.5 Å². The van der Waals surface area contributed by atoms with Crippen molar-refractivity contribution in [1.82, 2.24) is 25.5 Å². The van der Waals surface area contributed by atoms with E-state index in [2.05, 4.69) is 20.6 Å². The minimum absolute atomic E-state index is 0.106. The summed E-state index contributed by atoms with van der Waals surface area (Å²) in [6.45, 7) is 8.02. The maximum atomic E-state index is 12.2. The van der Waals surface area contributed by atoms with Crippen LogP contribution in [0.15, 0.2) is 6.08 Å². The summed E-state index contributed by atoms with van der Waals surface area (Å²) in [7, 11) is 0. The fourth-order valence-electron chi connectivity index (χ4n) is 1.88. The molecule has 2 rings (SSSR count). The molecule has 1 aliphatic heterocycles. The van der Waals surface area contributed by atoms with Crippen molar-refractivity contribution in [3.63, 3.8) is 0 Å². The van der Waals surface area contributed by atoms with Crippen LogP contribution in [0.5, 0.6) is 0 Å². The number of hydrogen-bond donors (Lipinski definition) is 1. The molecule has 7 heteroatoms. The maximum absolute atomic E-state index is 12.2. The first-order valence-corrected chi connectivity index (χ1v) is 6.29. The number of carbonyl (C=O) groups is 1. The summed E-state index contributed by atoms with van der Waals surface area (Å²) in [5.41, 5.74) is 0.417. The molecule has 1 unspecified atom stereocenters. The van der Waals surface area contributed by atoms with Crippen LogP contribution in [0.25, 0.3) is 5.57 Å². The molecule has 0 aliphatic carbocycles. The number of rotatable bonds is 1. The van der Waals surface area contributed by atoms with Crippen LogP contribution in [0, 0.1) is 0 Å². The Labute approximate surface area is 112 Å². The van der Waals surface area contributed by atoms with E-state index < -0.39 is 5.60 Å². The molecule has 2 heterocycles. The molecule has 0 spiro atoms. The smallest absolute Gasteiger partial charge is 0.410 e. The molecule has 0 fully saturated rings. The lowest BCUT2D eigenvalue weighted by Crippen LogP contribution is -2.44. The van der Waals surface area contributed by atoms with E-state index in [1.165, 1.54) is 0 Å². The summed E-state index contributed by atoms with van der Waals surface area (Å²) in [4.78, 5) is 13.9. The summed E-state index contributed by atoms with van der Waals surface area (Å²) in [6, 6.07) is 0.106. The third kappa shape index (κ3) is 3.30. The summed E-state index contributed by atoms with van der Waals surface area (Å²) >= 11 is 0. The molecule has 0 radical (unpaired) electrons. The number of H-pyrrole nitrogens is 1. The third-order valence-corrected chi connectivity index (χ3v) is 2.86. The van der Waals surface area contributed by atoms with Crippen LogP contribution >= 0.6 is 0 Å². The van der Waals surface area contributed by atoms with Crippen LogP contribution in [-0.2, 0) is 4.74 Å². The Kier molecular flexibility index (Phi) is 3.55. The SMILES string of the molecule is CC1CC=C(c2nnn[nH]2)CN1C(=O)OC(C)(C)C. The van der Waals surface area contributed by atoms with E-state index in [4.69, 9.17) is 4.74 Å². The summed E-state index contributed by atoms with van der Waals surface area (Å²) in [5.74, 6) is 0.598. The molecule has 0 saturated heterocycles. The molecule has 7 nitrogen and oxygen atoms in total. The van der Waals surface area contributed by atoms with E-state index in [1.54, 1.807) is 4.90 Å². The Morgan fingerprint density at radius 1 is 1.53 bits per heavy atom. The Morgan fingerprint density at radius 2 is 2.26 bits per heavy atom. The number of aromatic nitrogens is 4. The van der Waals surface area contributed by atoms with Gasteiger partial charge >= 0.3 is 6.09 Å². The molecule has 1 aromatic heterocycles. The standard InChI is InChI=1S/C12H19N5O2/c1-8-5-6-9(10-13-15-16-14-10)7-17(8)11(18)19-12(2,3)4/h6,8H,5,7H2,1-4H3,(H,13,14,15,16). The Hall–Kier alpha value is -1.92. The van der Waals surface area contributed by atoms with Gasteiger partial charge in [0.25, 0.3) is 0 Å². The molecule has 19 heavy (non-hydrogen) atoms. The number of tetrazole rings is 1. The molecule has 0 aromatic carbocycles. The molecular formula is C12H19N5O2. The second kappa shape index (κ2) is 4.99. The van der Waals surface area contributed by atoms with Crippen LogP contribution in [0.4, 0.5) is 4.79 Å². The number of nitrogens with one attached hydrogen (secondary N) is 1. The Balaban J connectivity index is 2.10. The number of amides is 1. The first kappa shape index (κ1) is 13.5. The second-order valence-corrected chi connectivity index (χ2v) is 5.67. The van der Waals surface area contributed by atoms with Gasteiger partial charge in [0.1, 0.15) is 5.60 Å². The molecule has 1 amide bonds. The van der Waals surface area contributed by atoms with Gasteiger partial charge in [-0.2, -0.15) is 0 Å². The highest BCUT2D eigenvalue weighted by molar-refractivity contribution is 5.74. The van der Waals surface area contributed by atoms with Crippen molar-refractivity contribution >= 4 is 11.7 Å². The Bertz CT molecular complexity index is 475. The van der Waals surface area contributed by atoms with E-state index in [1.807, 2.05) is 33.8 Å². The van der Waals surface area contributed by atoms with Gasteiger partial charge in [-0.15, -0.1) is 5.10 Å². The highest BCUT2D eigenvalue weighted by atomic mass is 16.6. The van der Waals surface area contributed by atoms with Gasteiger partial charge in [-0.1, -0.05) is 6.08 Å². The fraction of sp³-hybridized carbons (Fsp3) is 0.667. The summed E-state index contributed by atoms with van der Waals surface area (Å²) in [5, 5.41) is 13.7. The molecule has 104 valence electrons. The quantitative estimate of drug-likeness (QED) is 0.834. The largest absolute Gasteiger partial charge is 0.444 e. The highest BCUT2D eigenvalue weighted by Crippen LogP contribution is 2.23.